The van der Waals surface area contributed by atoms with Crippen molar-refractivity contribution < 1.29 is 28.9 Å². The summed E-state index contributed by atoms with van der Waals surface area (Å²) in [4.78, 5) is 23.2. The van der Waals surface area contributed by atoms with E-state index in [1.807, 2.05) is 19.1 Å². The van der Waals surface area contributed by atoms with E-state index < -0.39 is 12.1 Å². The van der Waals surface area contributed by atoms with Gasteiger partial charge in [0.15, 0.2) is 23.4 Å². The van der Waals surface area contributed by atoms with Crippen LogP contribution in [-0.4, -0.2) is 36.7 Å². The second kappa shape index (κ2) is 10.2. The van der Waals surface area contributed by atoms with Gasteiger partial charge in [0.1, 0.15) is 5.75 Å². The summed E-state index contributed by atoms with van der Waals surface area (Å²) in [6.45, 7) is 4.04. The number of hydrogen-bond acceptors (Lipinski definition) is 5. The third-order valence-electron chi connectivity index (χ3n) is 3.88. The first-order chi connectivity index (χ1) is 13.4. The Morgan fingerprint density at radius 2 is 1.82 bits per heavy atom. The standard InChI is InChI=1S/C22H24O6/c1-4-13-27-21-14-16(6-12-20(21)26-3)5-11-19(23)17-7-9-18(10-8-17)28-15(2)22(24)25/h5-12,14-15H,4,13H2,1-3H3,(H,24,25)/b11-5+. The summed E-state index contributed by atoms with van der Waals surface area (Å²) in [5.74, 6) is 0.439. The summed E-state index contributed by atoms with van der Waals surface area (Å²) in [5.41, 5.74) is 1.29. The molecule has 2 aromatic carbocycles. The lowest BCUT2D eigenvalue weighted by Crippen LogP contribution is -2.22. The summed E-state index contributed by atoms with van der Waals surface area (Å²) < 4.78 is 16.2. The molecule has 6 heteroatoms. The maximum Gasteiger partial charge on any atom is 0.344 e. The van der Waals surface area contributed by atoms with Gasteiger partial charge in [0, 0.05) is 5.56 Å². The van der Waals surface area contributed by atoms with Crippen molar-refractivity contribution in [3.8, 4) is 17.2 Å². The van der Waals surface area contributed by atoms with Crippen molar-refractivity contribution in [2.24, 2.45) is 0 Å². The monoisotopic (exact) mass is 384 g/mol. The number of hydrogen-bond donors (Lipinski definition) is 1. The number of benzene rings is 2. The van der Waals surface area contributed by atoms with Gasteiger partial charge in [0.05, 0.1) is 13.7 Å². The normalized spacial score (nSPS) is 11.8. The van der Waals surface area contributed by atoms with Gasteiger partial charge in [-0.2, -0.15) is 0 Å². The van der Waals surface area contributed by atoms with Gasteiger partial charge in [-0.1, -0.05) is 19.1 Å². The van der Waals surface area contributed by atoms with Crippen molar-refractivity contribution in [1.29, 1.82) is 0 Å². The fraction of sp³-hybridized carbons (Fsp3) is 0.273. The van der Waals surface area contributed by atoms with E-state index in [-0.39, 0.29) is 5.78 Å². The molecule has 0 heterocycles. The number of carboxylic acid groups (broad SMARTS) is 1. The Morgan fingerprint density at radius 3 is 2.43 bits per heavy atom. The molecule has 28 heavy (non-hydrogen) atoms. The molecule has 0 radical (unpaired) electrons. The maximum atomic E-state index is 12.4. The Kier molecular flexibility index (Phi) is 7.63. The molecular formula is C22H24O6. The molecule has 0 saturated carbocycles. The number of ether oxygens (including phenoxy) is 3. The van der Waals surface area contributed by atoms with Crippen LogP contribution in [0.1, 0.15) is 36.2 Å². The quantitative estimate of drug-likeness (QED) is 0.488. The van der Waals surface area contributed by atoms with Gasteiger partial charge < -0.3 is 19.3 Å². The van der Waals surface area contributed by atoms with Gasteiger partial charge in [-0.05, 0) is 61.4 Å². The van der Waals surface area contributed by atoms with E-state index in [0.29, 0.717) is 29.4 Å². The van der Waals surface area contributed by atoms with Crippen molar-refractivity contribution in [2.45, 2.75) is 26.4 Å². The molecule has 148 valence electrons. The average molecular weight is 384 g/mol. The molecule has 0 saturated heterocycles. The maximum absolute atomic E-state index is 12.4. The van der Waals surface area contributed by atoms with Crippen molar-refractivity contribution in [2.75, 3.05) is 13.7 Å². The van der Waals surface area contributed by atoms with E-state index in [1.165, 1.54) is 13.0 Å². The van der Waals surface area contributed by atoms with Crippen molar-refractivity contribution in [3.05, 3.63) is 59.7 Å². The minimum atomic E-state index is -1.05. The Bertz CT molecular complexity index is 839. The third kappa shape index (κ3) is 5.87. The van der Waals surface area contributed by atoms with Gasteiger partial charge in [-0.3, -0.25) is 4.79 Å². The van der Waals surface area contributed by atoms with Crippen LogP contribution in [0.2, 0.25) is 0 Å². The number of carbonyl (C=O) groups excluding carboxylic acids is 1. The lowest BCUT2D eigenvalue weighted by molar-refractivity contribution is -0.144. The highest BCUT2D eigenvalue weighted by Gasteiger charge is 2.12. The molecule has 1 N–H and O–H groups in total. The smallest absolute Gasteiger partial charge is 0.344 e. The van der Waals surface area contributed by atoms with Crippen LogP contribution in [0.3, 0.4) is 0 Å². The van der Waals surface area contributed by atoms with E-state index in [2.05, 4.69) is 0 Å². The topological polar surface area (TPSA) is 82.1 Å². The molecule has 2 aromatic rings. The van der Waals surface area contributed by atoms with E-state index in [9.17, 15) is 9.59 Å². The van der Waals surface area contributed by atoms with Crippen LogP contribution in [0.15, 0.2) is 48.5 Å². The minimum Gasteiger partial charge on any atom is -0.493 e. The van der Waals surface area contributed by atoms with Crippen molar-refractivity contribution in [3.63, 3.8) is 0 Å². The lowest BCUT2D eigenvalue weighted by Gasteiger charge is -2.10. The molecule has 0 spiro atoms. The number of carbonyl (C=O) groups is 2. The number of methoxy groups -OCH3 is 1. The first-order valence-corrected chi connectivity index (χ1v) is 8.97. The van der Waals surface area contributed by atoms with Gasteiger partial charge in [-0.25, -0.2) is 4.79 Å². The molecule has 0 aliphatic carbocycles. The third-order valence-corrected chi connectivity index (χ3v) is 3.88. The second-order valence-corrected chi connectivity index (χ2v) is 6.08. The summed E-state index contributed by atoms with van der Waals surface area (Å²) in [5, 5.41) is 8.86. The second-order valence-electron chi connectivity index (χ2n) is 6.08. The minimum absolute atomic E-state index is 0.176. The predicted octanol–water partition coefficient (Wildman–Crippen LogP) is 4.23. The van der Waals surface area contributed by atoms with Gasteiger partial charge in [0.25, 0.3) is 0 Å². The number of allylic oxidation sites excluding steroid dienone is 1. The van der Waals surface area contributed by atoms with Crippen LogP contribution in [0, 0.1) is 0 Å². The zero-order chi connectivity index (χ0) is 20.5. The first kappa shape index (κ1) is 21.0. The molecule has 0 fully saturated rings. The molecule has 1 unspecified atom stereocenters. The van der Waals surface area contributed by atoms with Gasteiger partial charge in [-0.15, -0.1) is 0 Å². The predicted molar refractivity (Wildman–Crippen MR) is 106 cm³/mol. The Hall–Kier alpha value is -3.28. The first-order valence-electron chi connectivity index (χ1n) is 8.97. The van der Waals surface area contributed by atoms with Crippen LogP contribution in [0.4, 0.5) is 0 Å². The summed E-state index contributed by atoms with van der Waals surface area (Å²) >= 11 is 0. The van der Waals surface area contributed by atoms with E-state index in [4.69, 9.17) is 19.3 Å². The molecule has 0 bridgehead atoms. The van der Waals surface area contributed by atoms with Crippen LogP contribution in [-0.2, 0) is 4.79 Å². The molecule has 0 aromatic heterocycles. The van der Waals surface area contributed by atoms with Crippen LogP contribution < -0.4 is 14.2 Å². The van der Waals surface area contributed by atoms with E-state index >= 15 is 0 Å². The van der Waals surface area contributed by atoms with Crippen molar-refractivity contribution in [1.82, 2.24) is 0 Å². The van der Waals surface area contributed by atoms with E-state index in [0.717, 1.165) is 12.0 Å². The molecular weight excluding hydrogens is 360 g/mol. The fourth-order valence-corrected chi connectivity index (χ4v) is 2.34. The number of carboxylic acids is 1. The van der Waals surface area contributed by atoms with Gasteiger partial charge in [0.2, 0.25) is 0 Å². The molecule has 1 atom stereocenters. The Morgan fingerprint density at radius 1 is 1.11 bits per heavy atom. The number of aliphatic carboxylic acids is 1. The zero-order valence-corrected chi connectivity index (χ0v) is 16.2. The lowest BCUT2D eigenvalue weighted by atomic mass is 10.1. The molecule has 0 amide bonds. The van der Waals surface area contributed by atoms with Crippen LogP contribution >= 0.6 is 0 Å². The van der Waals surface area contributed by atoms with Gasteiger partial charge >= 0.3 is 5.97 Å². The largest absolute Gasteiger partial charge is 0.493 e. The summed E-state index contributed by atoms with van der Waals surface area (Å²) in [7, 11) is 1.58. The number of rotatable bonds is 10. The zero-order valence-electron chi connectivity index (χ0n) is 16.2. The van der Waals surface area contributed by atoms with E-state index in [1.54, 1.807) is 43.5 Å². The van der Waals surface area contributed by atoms with Crippen molar-refractivity contribution >= 4 is 17.8 Å². The highest BCUT2D eigenvalue weighted by atomic mass is 16.5. The highest BCUT2D eigenvalue weighted by Crippen LogP contribution is 2.28. The SMILES string of the molecule is CCCOc1cc(/C=C/C(=O)c2ccc(OC(C)C(=O)O)cc2)ccc1OC. The Labute approximate surface area is 164 Å². The summed E-state index contributed by atoms with van der Waals surface area (Å²) in [6, 6.07) is 11.8. The fourth-order valence-electron chi connectivity index (χ4n) is 2.34. The summed E-state index contributed by atoms with van der Waals surface area (Å²) in [6.07, 6.45) is 3.10. The molecule has 2 rings (SSSR count). The molecule has 0 aliphatic heterocycles. The van der Waals surface area contributed by atoms with Crippen LogP contribution in [0.25, 0.3) is 6.08 Å². The molecule has 6 nitrogen and oxygen atoms in total. The number of ketones is 1. The average Bonchev–Trinajstić information content (AvgIpc) is 2.70. The van der Waals surface area contributed by atoms with Crippen LogP contribution in [0.5, 0.6) is 17.2 Å². The molecule has 0 aliphatic rings. The Balaban J connectivity index is 2.07. The highest BCUT2D eigenvalue weighted by molar-refractivity contribution is 6.06.